The molecule has 1 amide bonds. The van der Waals surface area contributed by atoms with E-state index in [0.717, 1.165) is 33.8 Å². The third-order valence-electron chi connectivity index (χ3n) is 3.14. The number of hydrogen-bond acceptors (Lipinski definition) is 2. The minimum atomic E-state index is -0.0282. The molecule has 0 aliphatic rings. The molecule has 0 bridgehead atoms. The lowest BCUT2D eigenvalue weighted by Crippen LogP contribution is -2.13. The van der Waals surface area contributed by atoms with Crippen molar-refractivity contribution in [2.75, 3.05) is 5.32 Å². The van der Waals surface area contributed by atoms with Gasteiger partial charge in [-0.05, 0) is 43.7 Å². The smallest absolute Gasteiger partial charge is 0.228 e. The number of aromatic amines is 2. The van der Waals surface area contributed by atoms with Crippen molar-refractivity contribution in [1.29, 1.82) is 0 Å². The fourth-order valence-electron chi connectivity index (χ4n) is 2.28. The van der Waals surface area contributed by atoms with Crippen molar-refractivity contribution in [2.45, 2.75) is 20.3 Å². The third-order valence-corrected chi connectivity index (χ3v) is 3.14. The number of carbonyl (C=O) groups is 1. The average molecular weight is 268 g/mol. The van der Waals surface area contributed by atoms with E-state index in [0.29, 0.717) is 6.42 Å². The summed E-state index contributed by atoms with van der Waals surface area (Å²) in [4.78, 5) is 22.5. The highest BCUT2D eigenvalue weighted by Gasteiger charge is 2.07. The second kappa shape index (κ2) is 4.85. The molecule has 5 nitrogen and oxygen atoms in total. The fourth-order valence-corrected chi connectivity index (χ4v) is 2.28. The van der Waals surface area contributed by atoms with Crippen molar-refractivity contribution in [3.8, 4) is 0 Å². The molecule has 0 spiro atoms. The van der Waals surface area contributed by atoms with E-state index in [4.69, 9.17) is 0 Å². The number of aryl methyl sites for hydroxylation is 2. The predicted molar refractivity (Wildman–Crippen MR) is 78.7 cm³/mol. The van der Waals surface area contributed by atoms with Crippen molar-refractivity contribution >= 4 is 22.6 Å². The first-order valence-electron chi connectivity index (χ1n) is 6.50. The van der Waals surface area contributed by atoms with Gasteiger partial charge < -0.3 is 15.3 Å². The van der Waals surface area contributed by atoms with Gasteiger partial charge in [0, 0.05) is 17.6 Å². The highest BCUT2D eigenvalue weighted by atomic mass is 16.1. The molecule has 0 saturated carbocycles. The quantitative estimate of drug-likeness (QED) is 0.683. The first-order valence-corrected chi connectivity index (χ1v) is 6.50. The maximum Gasteiger partial charge on any atom is 0.228 e. The van der Waals surface area contributed by atoms with Gasteiger partial charge >= 0.3 is 0 Å². The zero-order valence-electron chi connectivity index (χ0n) is 11.4. The van der Waals surface area contributed by atoms with E-state index in [-0.39, 0.29) is 5.91 Å². The fraction of sp³-hybridized carbons (Fsp3) is 0.200. The summed E-state index contributed by atoms with van der Waals surface area (Å²) >= 11 is 0. The summed E-state index contributed by atoms with van der Waals surface area (Å²) in [6.45, 7) is 3.88. The second-order valence-corrected chi connectivity index (χ2v) is 4.97. The molecule has 0 atom stereocenters. The topological polar surface area (TPSA) is 73.6 Å². The van der Waals surface area contributed by atoms with Gasteiger partial charge in [-0.1, -0.05) is 0 Å². The first-order chi connectivity index (χ1) is 9.60. The Bertz CT molecular complexity index is 769. The Morgan fingerprint density at radius 2 is 2.15 bits per heavy atom. The normalized spacial score (nSPS) is 10.9. The molecule has 0 unspecified atom stereocenters. The maximum atomic E-state index is 12.0. The van der Waals surface area contributed by atoms with Gasteiger partial charge in [0.25, 0.3) is 0 Å². The van der Waals surface area contributed by atoms with Crippen LogP contribution in [0.3, 0.4) is 0 Å². The number of carbonyl (C=O) groups excluding carboxylic acids is 1. The SMILES string of the molecule is Cc1cc(CC(=O)Nc2ccc3nc(C)[nH]c3c2)c[nH]1. The third kappa shape index (κ3) is 2.56. The average Bonchev–Trinajstić information content (AvgIpc) is 2.93. The number of hydrogen-bond donors (Lipinski definition) is 3. The highest BCUT2D eigenvalue weighted by molar-refractivity contribution is 5.94. The minimum absolute atomic E-state index is 0.0282. The molecule has 0 radical (unpaired) electrons. The lowest BCUT2D eigenvalue weighted by atomic mass is 10.2. The van der Waals surface area contributed by atoms with Gasteiger partial charge in [-0.25, -0.2) is 4.98 Å². The van der Waals surface area contributed by atoms with Crippen molar-refractivity contribution in [2.24, 2.45) is 0 Å². The van der Waals surface area contributed by atoms with Crippen LogP contribution < -0.4 is 5.32 Å². The first kappa shape index (κ1) is 12.5. The van der Waals surface area contributed by atoms with Gasteiger partial charge in [-0.15, -0.1) is 0 Å². The maximum absolute atomic E-state index is 12.0. The number of nitrogens with zero attached hydrogens (tertiary/aromatic N) is 1. The van der Waals surface area contributed by atoms with Crippen LogP contribution in [-0.4, -0.2) is 20.9 Å². The molecule has 3 rings (SSSR count). The van der Waals surface area contributed by atoms with Gasteiger partial charge in [0.2, 0.25) is 5.91 Å². The van der Waals surface area contributed by atoms with E-state index in [2.05, 4.69) is 20.3 Å². The largest absolute Gasteiger partial charge is 0.365 e. The van der Waals surface area contributed by atoms with Crippen molar-refractivity contribution in [1.82, 2.24) is 15.0 Å². The van der Waals surface area contributed by atoms with Crippen LogP contribution in [0.5, 0.6) is 0 Å². The number of aromatic nitrogens is 3. The molecule has 0 fully saturated rings. The van der Waals surface area contributed by atoms with E-state index in [1.165, 1.54) is 0 Å². The Morgan fingerprint density at radius 1 is 1.30 bits per heavy atom. The summed E-state index contributed by atoms with van der Waals surface area (Å²) in [6, 6.07) is 7.63. The van der Waals surface area contributed by atoms with Crippen LogP contribution in [0.2, 0.25) is 0 Å². The van der Waals surface area contributed by atoms with Gasteiger partial charge in [0.05, 0.1) is 17.5 Å². The molecule has 2 aromatic heterocycles. The van der Waals surface area contributed by atoms with Gasteiger partial charge in [-0.2, -0.15) is 0 Å². The highest BCUT2D eigenvalue weighted by Crippen LogP contribution is 2.17. The molecule has 20 heavy (non-hydrogen) atoms. The Balaban J connectivity index is 1.73. The Morgan fingerprint density at radius 3 is 2.90 bits per heavy atom. The Labute approximate surface area is 116 Å². The van der Waals surface area contributed by atoms with Gasteiger partial charge in [-0.3, -0.25) is 4.79 Å². The summed E-state index contributed by atoms with van der Waals surface area (Å²) in [7, 11) is 0. The van der Waals surface area contributed by atoms with E-state index < -0.39 is 0 Å². The number of fused-ring (bicyclic) bond motifs is 1. The van der Waals surface area contributed by atoms with Crippen molar-refractivity contribution in [3.63, 3.8) is 0 Å². The Kier molecular flexibility index (Phi) is 3.02. The van der Waals surface area contributed by atoms with E-state index >= 15 is 0 Å². The van der Waals surface area contributed by atoms with E-state index in [9.17, 15) is 4.79 Å². The molecule has 102 valence electrons. The lowest BCUT2D eigenvalue weighted by molar-refractivity contribution is -0.115. The number of anilines is 1. The number of amides is 1. The number of benzene rings is 1. The van der Waals surface area contributed by atoms with E-state index in [1.807, 2.05) is 44.3 Å². The van der Waals surface area contributed by atoms with Crippen molar-refractivity contribution < 1.29 is 4.79 Å². The molecular weight excluding hydrogens is 252 g/mol. The van der Waals surface area contributed by atoms with E-state index in [1.54, 1.807) is 0 Å². The van der Waals surface area contributed by atoms with Gasteiger partial charge in [0.15, 0.2) is 0 Å². The second-order valence-electron chi connectivity index (χ2n) is 4.97. The molecule has 5 heteroatoms. The summed E-state index contributed by atoms with van der Waals surface area (Å²) in [5, 5.41) is 2.90. The zero-order valence-corrected chi connectivity index (χ0v) is 11.4. The molecule has 3 aromatic rings. The van der Waals surface area contributed by atoms with Crippen LogP contribution in [0.4, 0.5) is 5.69 Å². The summed E-state index contributed by atoms with van der Waals surface area (Å²) in [5.41, 5.74) is 4.65. The molecule has 3 N–H and O–H groups in total. The van der Waals surface area contributed by atoms with Crippen LogP contribution in [0.15, 0.2) is 30.5 Å². The molecule has 2 heterocycles. The summed E-state index contributed by atoms with van der Waals surface area (Å²) in [5.74, 6) is 0.839. The summed E-state index contributed by atoms with van der Waals surface area (Å²) < 4.78 is 0. The molecule has 0 saturated heterocycles. The molecule has 1 aromatic carbocycles. The van der Waals surface area contributed by atoms with Gasteiger partial charge in [0.1, 0.15) is 5.82 Å². The minimum Gasteiger partial charge on any atom is -0.365 e. The number of H-pyrrole nitrogens is 2. The zero-order chi connectivity index (χ0) is 14.1. The number of nitrogens with one attached hydrogen (secondary N) is 3. The number of rotatable bonds is 3. The predicted octanol–water partition coefficient (Wildman–Crippen LogP) is 2.69. The van der Waals surface area contributed by atoms with Crippen LogP contribution in [-0.2, 0) is 11.2 Å². The standard InChI is InChI=1S/C15H16N4O/c1-9-5-11(8-16-9)6-15(20)19-12-3-4-13-14(7-12)18-10(2)17-13/h3-5,7-8,16H,6H2,1-2H3,(H,17,18)(H,19,20). The van der Waals surface area contributed by atoms with Crippen LogP contribution >= 0.6 is 0 Å². The van der Waals surface area contributed by atoms with Crippen LogP contribution in [0.1, 0.15) is 17.1 Å². The molecule has 0 aliphatic carbocycles. The van der Waals surface area contributed by atoms with Crippen LogP contribution in [0, 0.1) is 13.8 Å². The van der Waals surface area contributed by atoms with Crippen LogP contribution in [0.25, 0.3) is 11.0 Å². The Hall–Kier alpha value is -2.56. The summed E-state index contributed by atoms with van der Waals surface area (Å²) in [6.07, 6.45) is 2.22. The van der Waals surface area contributed by atoms with Crippen molar-refractivity contribution in [3.05, 3.63) is 47.5 Å². The molecule has 0 aliphatic heterocycles. The molecular formula is C15H16N4O. The monoisotopic (exact) mass is 268 g/mol. The number of imidazole rings is 1. The lowest BCUT2D eigenvalue weighted by Gasteiger charge is -2.04.